The van der Waals surface area contributed by atoms with Gasteiger partial charge in [0.2, 0.25) is 0 Å². The highest BCUT2D eigenvalue weighted by Gasteiger charge is 2.63. The third-order valence-electron chi connectivity index (χ3n) is 4.75. The molecule has 0 bridgehead atoms. The lowest BCUT2D eigenvalue weighted by Gasteiger charge is -2.13. The van der Waals surface area contributed by atoms with Gasteiger partial charge in [-0.1, -0.05) is 27.7 Å². The molecule has 90 valence electrons. The fourth-order valence-corrected chi connectivity index (χ4v) is 2.56. The molecule has 0 aromatic rings. The van der Waals surface area contributed by atoms with Crippen LogP contribution in [0, 0.1) is 16.7 Å². The number of rotatable bonds is 6. The average Bonchev–Trinajstić information content (AvgIpc) is 2.51. The topological polar surface area (TPSA) is 21.3 Å². The van der Waals surface area contributed by atoms with Gasteiger partial charge >= 0.3 is 0 Å². The van der Waals surface area contributed by atoms with Gasteiger partial charge in [0.25, 0.3) is 0 Å². The second-order valence-electron chi connectivity index (χ2n) is 6.09. The lowest BCUT2D eigenvalue weighted by Crippen LogP contribution is -2.30. The van der Waals surface area contributed by atoms with Crippen LogP contribution in [-0.4, -0.2) is 26.3 Å². The van der Waals surface area contributed by atoms with E-state index in [2.05, 4.69) is 39.9 Å². The van der Waals surface area contributed by atoms with E-state index in [1.165, 1.54) is 0 Å². The van der Waals surface area contributed by atoms with Gasteiger partial charge in [-0.15, -0.1) is 0 Å². The number of hydrogen-bond acceptors (Lipinski definition) is 2. The first kappa shape index (κ1) is 13.0. The molecule has 1 aliphatic rings. The summed E-state index contributed by atoms with van der Waals surface area (Å²) in [6, 6.07) is 0.567. The van der Waals surface area contributed by atoms with Crippen molar-refractivity contribution in [3.63, 3.8) is 0 Å². The van der Waals surface area contributed by atoms with Gasteiger partial charge < -0.3 is 10.1 Å². The van der Waals surface area contributed by atoms with E-state index in [-0.39, 0.29) is 0 Å². The fraction of sp³-hybridized carbons (Fsp3) is 1.00. The van der Waals surface area contributed by atoms with Crippen LogP contribution in [0.15, 0.2) is 0 Å². The Bertz CT molecular complexity index is 197. The number of hydrogen-bond donors (Lipinski definition) is 1. The predicted octanol–water partition coefficient (Wildman–Crippen LogP) is 2.68. The van der Waals surface area contributed by atoms with Crippen molar-refractivity contribution in [2.24, 2.45) is 16.7 Å². The second kappa shape index (κ2) is 4.42. The van der Waals surface area contributed by atoms with Gasteiger partial charge in [0, 0.05) is 19.8 Å². The van der Waals surface area contributed by atoms with E-state index in [4.69, 9.17) is 4.74 Å². The molecule has 0 saturated heterocycles. The van der Waals surface area contributed by atoms with E-state index in [0.717, 1.165) is 25.5 Å². The van der Waals surface area contributed by atoms with Crippen LogP contribution >= 0.6 is 0 Å². The Morgan fingerprint density at radius 1 is 1.20 bits per heavy atom. The van der Waals surface area contributed by atoms with Gasteiger partial charge in [-0.3, -0.25) is 0 Å². The summed E-state index contributed by atoms with van der Waals surface area (Å²) >= 11 is 0. The molecule has 0 aromatic carbocycles. The molecular formula is C13H27NO. The molecule has 0 heterocycles. The number of nitrogens with one attached hydrogen (secondary N) is 1. The molecule has 0 amide bonds. The summed E-state index contributed by atoms with van der Waals surface area (Å²) in [6.45, 7) is 13.7. The van der Waals surface area contributed by atoms with Crippen molar-refractivity contribution < 1.29 is 4.74 Å². The van der Waals surface area contributed by atoms with Crippen molar-refractivity contribution >= 4 is 0 Å². The van der Waals surface area contributed by atoms with Crippen LogP contribution in [0.3, 0.4) is 0 Å². The van der Waals surface area contributed by atoms with Crippen LogP contribution in [0.25, 0.3) is 0 Å². The highest BCUT2D eigenvalue weighted by atomic mass is 16.5. The molecule has 1 N–H and O–H groups in total. The van der Waals surface area contributed by atoms with Crippen molar-refractivity contribution in [2.45, 2.75) is 47.1 Å². The van der Waals surface area contributed by atoms with E-state index in [9.17, 15) is 0 Å². The molecule has 1 rings (SSSR count). The highest BCUT2D eigenvalue weighted by Crippen LogP contribution is 2.67. The maximum absolute atomic E-state index is 5.08. The third-order valence-corrected chi connectivity index (χ3v) is 4.75. The monoisotopic (exact) mass is 213 g/mol. The first-order valence-electron chi connectivity index (χ1n) is 6.06. The Morgan fingerprint density at radius 2 is 1.73 bits per heavy atom. The summed E-state index contributed by atoms with van der Waals surface area (Å²) in [5.74, 6) is 0.815. The maximum Gasteiger partial charge on any atom is 0.0476 e. The molecule has 1 atom stereocenters. The van der Waals surface area contributed by atoms with Crippen LogP contribution in [0.4, 0.5) is 0 Å². The molecule has 1 fully saturated rings. The van der Waals surface area contributed by atoms with Crippen molar-refractivity contribution in [1.29, 1.82) is 0 Å². The Kier molecular flexibility index (Phi) is 3.83. The number of ether oxygens (including phenoxy) is 1. The first-order chi connectivity index (χ1) is 6.84. The van der Waals surface area contributed by atoms with Gasteiger partial charge in [0.05, 0.1) is 0 Å². The normalized spacial score (nSPS) is 25.2. The lowest BCUT2D eigenvalue weighted by molar-refractivity contribution is 0.184. The molecule has 0 spiro atoms. The quantitative estimate of drug-likeness (QED) is 0.732. The van der Waals surface area contributed by atoms with Crippen LogP contribution in [-0.2, 0) is 4.74 Å². The minimum absolute atomic E-state index is 0.501. The van der Waals surface area contributed by atoms with Gasteiger partial charge in [0.15, 0.2) is 0 Å². The van der Waals surface area contributed by atoms with Crippen LogP contribution in [0.1, 0.15) is 41.0 Å². The number of methoxy groups -OCH3 is 1. The Morgan fingerprint density at radius 3 is 2.13 bits per heavy atom. The van der Waals surface area contributed by atoms with Crippen LogP contribution in [0.2, 0.25) is 0 Å². The molecule has 1 saturated carbocycles. The van der Waals surface area contributed by atoms with Crippen LogP contribution < -0.4 is 5.32 Å². The summed E-state index contributed by atoms with van der Waals surface area (Å²) in [6.07, 6.45) is 1.10. The lowest BCUT2D eigenvalue weighted by atomic mass is 10.0. The molecular weight excluding hydrogens is 186 g/mol. The van der Waals surface area contributed by atoms with Gasteiger partial charge in [0.1, 0.15) is 0 Å². The molecule has 1 unspecified atom stereocenters. The molecule has 0 aromatic heterocycles. The van der Waals surface area contributed by atoms with Gasteiger partial charge in [-0.25, -0.2) is 0 Å². The van der Waals surface area contributed by atoms with Gasteiger partial charge in [-0.05, 0) is 36.6 Å². The Balaban J connectivity index is 2.22. The third kappa shape index (κ3) is 2.54. The fourth-order valence-electron chi connectivity index (χ4n) is 2.56. The van der Waals surface area contributed by atoms with Crippen molar-refractivity contribution in [2.75, 3.05) is 20.3 Å². The molecule has 15 heavy (non-hydrogen) atoms. The summed E-state index contributed by atoms with van der Waals surface area (Å²) in [5.41, 5.74) is 1.00. The summed E-state index contributed by atoms with van der Waals surface area (Å²) in [5, 5.41) is 3.61. The highest BCUT2D eigenvalue weighted by molar-refractivity contribution is 5.12. The van der Waals surface area contributed by atoms with Crippen molar-refractivity contribution in [3.05, 3.63) is 0 Å². The van der Waals surface area contributed by atoms with Crippen LogP contribution in [0.5, 0.6) is 0 Å². The second-order valence-corrected chi connectivity index (χ2v) is 6.09. The molecule has 0 radical (unpaired) electrons. The zero-order valence-corrected chi connectivity index (χ0v) is 11.2. The van der Waals surface area contributed by atoms with Crippen molar-refractivity contribution in [1.82, 2.24) is 5.32 Å². The van der Waals surface area contributed by atoms with E-state index in [0.29, 0.717) is 16.9 Å². The zero-order valence-electron chi connectivity index (χ0n) is 11.2. The SMILES string of the molecule is COCCC(C)NCC1C(C)(C)C1(C)C. The zero-order chi connectivity index (χ0) is 11.7. The maximum atomic E-state index is 5.08. The molecule has 2 heteroatoms. The molecule has 0 aliphatic heterocycles. The van der Waals surface area contributed by atoms with Gasteiger partial charge in [-0.2, -0.15) is 0 Å². The Labute approximate surface area is 94.8 Å². The largest absolute Gasteiger partial charge is 0.385 e. The van der Waals surface area contributed by atoms with E-state index in [1.807, 2.05) is 0 Å². The summed E-state index contributed by atoms with van der Waals surface area (Å²) in [4.78, 5) is 0. The molecule has 2 nitrogen and oxygen atoms in total. The minimum Gasteiger partial charge on any atom is -0.385 e. The van der Waals surface area contributed by atoms with E-state index < -0.39 is 0 Å². The van der Waals surface area contributed by atoms with E-state index in [1.54, 1.807) is 7.11 Å². The van der Waals surface area contributed by atoms with Crippen molar-refractivity contribution in [3.8, 4) is 0 Å². The Hall–Kier alpha value is -0.0800. The smallest absolute Gasteiger partial charge is 0.0476 e. The first-order valence-corrected chi connectivity index (χ1v) is 6.06. The minimum atomic E-state index is 0.501. The standard InChI is InChI=1S/C13H27NO/c1-10(7-8-15-6)14-9-11-12(2,3)13(11,4)5/h10-11,14H,7-9H2,1-6H3. The summed E-state index contributed by atoms with van der Waals surface area (Å²) in [7, 11) is 1.76. The molecule has 1 aliphatic carbocycles. The summed E-state index contributed by atoms with van der Waals surface area (Å²) < 4.78 is 5.08. The average molecular weight is 213 g/mol. The van der Waals surface area contributed by atoms with E-state index >= 15 is 0 Å². The predicted molar refractivity (Wildman–Crippen MR) is 65.0 cm³/mol.